The van der Waals surface area contributed by atoms with Gasteiger partial charge in [0.25, 0.3) is 5.91 Å². The van der Waals surface area contributed by atoms with E-state index in [1.54, 1.807) is 18.3 Å². The first kappa shape index (κ1) is 21.2. The van der Waals surface area contributed by atoms with Crippen molar-refractivity contribution in [3.05, 3.63) is 52.6 Å². The van der Waals surface area contributed by atoms with E-state index in [0.717, 1.165) is 50.4 Å². The minimum atomic E-state index is -0.131. The maximum Gasteiger partial charge on any atom is 0.252 e. The Bertz CT molecular complexity index is 837. The van der Waals surface area contributed by atoms with Crippen LogP contribution in [0.15, 0.2) is 47.1 Å². The molecule has 0 spiro atoms. The SMILES string of the molecule is O=C(NCC(C1CCOC1)N1CCOCC1)c1ccc(Oc2cccc(Br)c2)nc1. The molecule has 1 aromatic carbocycles. The minimum Gasteiger partial charge on any atom is -0.439 e. The van der Waals surface area contributed by atoms with Crippen molar-refractivity contribution in [3.8, 4) is 11.6 Å². The highest BCUT2D eigenvalue weighted by Crippen LogP contribution is 2.24. The second kappa shape index (κ2) is 10.3. The Hall–Kier alpha value is -2.00. The zero-order chi connectivity index (χ0) is 20.8. The summed E-state index contributed by atoms with van der Waals surface area (Å²) in [6.07, 6.45) is 2.58. The molecule has 2 aliphatic heterocycles. The van der Waals surface area contributed by atoms with Gasteiger partial charge in [-0.2, -0.15) is 0 Å². The van der Waals surface area contributed by atoms with Crippen LogP contribution in [0.4, 0.5) is 0 Å². The van der Waals surface area contributed by atoms with Crippen LogP contribution < -0.4 is 10.1 Å². The molecular formula is C22H26BrN3O4. The third-order valence-electron chi connectivity index (χ3n) is 5.51. The van der Waals surface area contributed by atoms with E-state index in [1.807, 2.05) is 24.3 Å². The molecule has 7 nitrogen and oxygen atoms in total. The number of rotatable bonds is 7. The molecule has 2 atom stereocenters. The van der Waals surface area contributed by atoms with Crippen molar-refractivity contribution < 1.29 is 19.0 Å². The first-order chi connectivity index (χ1) is 14.7. The Balaban J connectivity index is 1.35. The first-order valence-electron chi connectivity index (χ1n) is 10.3. The van der Waals surface area contributed by atoms with Gasteiger partial charge >= 0.3 is 0 Å². The van der Waals surface area contributed by atoms with Crippen molar-refractivity contribution in [1.29, 1.82) is 0 Å². The molecule has 1 amide bonds. The molecule has 0 bridgehead atoms. The topological polar surface area (TPSA) is 72.9 Å². The molecule has 0 radical (unpaired) electrons. The van der Waals surface area contributed by atoms with Gasteiger partial charge in [0.1, 0.15) is 5.75 Å². The molecule has 1 aromatic heterocycles. The maximum atomic E-state index is 12.7. The fourth-order valence-electron chi connectivity index (χ4n) is 3.88. The molecule has 0 saturated carbocycles. The van der Waals surface area contributed by atoms with Crippen molar-refractivity contribution in [1.82, 2.24) is 15.2 Å². The summed E-state index contributed by atoms with van der Waals surface area (Å²) in [5.74, 6) is 1.43. The Labute approximate surface area is 184 Å². The number of amides is 1. The molecule has 160 valence electrons. The number of morpholine rings is 1. The summed E-state index contributed by atoms with van der Waals surface area (Å²) in [7, 11) is 0. The first-order valence-corrected chi connectivity index (χ1v) is 11.1. The summed E-state index contributed by atoms with van der Waals surface area (Å²) in [5.41, 5.74) is 0.514. The number of nitrogens with one attached hydrogen (secondary N) is 1. The Morgan fingerprint density at radius 2 is 2.10 bits per heavy atom. The number of aromatic nitrogens is 1. The fourth-order valence-corrected chi connectivity index (χ4v) is 4.26. The number of halogens is 1. The van der Waals surface area contributed by atoms with Crippen LogP contribution in [0.5, 0.6) is 11.6 Å². The third kappa shape index (κ3) is 5.57. The monoisotopic (exact) mass is 475 g/mol. The molecule has 2 unspecified atom stereocenters. The highest BCUT2D eigenvalue weighted by Gasteiger charge is 2.31. The number of hydrogen-bond acceptors (Lipinski definition) is 6. The molecule has 2 aromatic rings. The Kier molecular flexibility index (Phi) is 7.33. The van der Waals surface area contributed by atoms with Gasteiger partial charge in [0.05, 0.1) is 25.4 Å². The molecule has 2 fully saturated rings. The zero-order valence-corrected chi connectivity index (χ0v) is 18.3. The smallest absolute Gasteiger partial charge is 0.252 e. The van der Waals surface area contributed by atoms with E-state index in [4.69, 9.17) is 14.2 Å². The molecule has 30 heavy (non-hydrogen) atoms. The van der Waals surface area contributed by atoms with E-state index in [2.05, 4.69) is 31.1 Å². The molecule has 0 aliphatic carbocycles. The summed E-state index contributed by atoms with van der Waals surface area (Å²) >= 11 is 3.42. The lowest BCUT2D eigenvalue weighted by Crippen LogP contribution is -2.52. The van der Waals surface area contributed by atoms with Gasteiger partial charge < -0.3 is 19.5 Å². The van der Waals surface area contributed by atoms with Gasteiger partial charge in [-0.1, -0.05) is 22.0 Å². The van der Waals surface area contributed by atoms with Crippen LogP contribution in [0.2, 0.25) is 0 Å². The Morgan fingerprint density at radius 3 is 2.80 bits per heavy atom. The number of hydrogen-bond donors (Lipinski definition) is 1. The molecule has 4 rings (SSSR count). The van der Waals surface area contributed by atoms with Gasteiger partial charge in [-0.25, -0.2) is 4.98 Å². The second-order valence-corrected chi connectivity index (χ2v) is 8.41. The lowest BCUT2D eigenvalue weighted by atomic mass is 9.96. The normalized spacial score (nSPS) is 20.6. The number of benzene rings is 1. The highest BCUT2D eigenvalue weighted by molar-refractivity contribution is 9.10. The van der Waals surface area contributed by atoms with Crippen molar-refractivity contribution >= 4 is 21.8 Å². The summed E-state index contributed by atoms with van der Waals surface area (Å²) in [6.45, 7) is 5.39. The average molecular weight is 476 g/mol. The molecule has 1 N–H and O–H groups in total. The summed E-state index contributed by atoms with van der Waals surface area (Å²) < 4.78 is 17.7. The number of nitrogens with zero attached hydrogens (tertiary/aromatic N) is 2. The number of carbonyl (C=O) groups excluding carboxylic acids is 1. The third-order valence-corrected chi connectivity index (χ3v) is 6.01. The van der Waals surface area contributed by atoms with Crippen LogP contribution in [0.25, 0.3) is 0 Å². The molecule has 2 saturated heterocycles. The van der Waals surface area contributed by atoms with E-state index in [9.17, 15) is 4.79 Å². The summed E-state index contributed by atoms with van der Waals surface area (Å²) in [5, 5.41) is 3.09. The highest BCUT2D eigenvalue weighted by atomic mass is 79.9. The average Bonchev–Trinajstić information content (AvgIpc) is 3.30. The van der Waals surface area contributed by atoms with Gasteiger partial charge in [-0.15, -0.1) is 0 Å². The lowest BCUT2D eigenvalue weighted by molar-refractivity contribution is 0.00166. The summed E-state index contributed by atoms with van der Waals surface area (Å²) in [4.78, 5) is 19.4. The quantitative estimate of drug-likeness (QED) is 0.663. The standard InChI is InChI=1S/C22H26BrN3O4/c23-18-2-1-3-19(12-18)30-21-5-4-16(13-24-21)22(27)25-14-20(17-6-9-29-15-17)26-7-10-28-11-8-26/h1-5,12-13,17,20H,6-11,14-15H2,(H,25,27). The zero-order valence-electron chi connectivity index (χ0n) is 16.8. The van der Waals surface area contributed by atoms with Crippen LogP contribution in [-0.2, 0) is 9.47 Å². The van der Waals surface area contributed by atoms with Crippen LogP contribution in [-0.4, -0.2) is 67.9 Å². The van der Waals surface area contributed by atoms with Gasteiger partial charge in [-0.05, 0) is 30.7 Å². The lowest BCUT2D eigenvalue weighted by Gasteiger charge is -2.37. The van der Waals surface area contributed by atoms with E-state index < -0.39 is 0 Å². The van der Waals surface area contributed by atoms with E-state index in [-0.39, 0.29) is 11.9 Å². The van der Waals surface area contributed by atoms with Gasteiger partial charge in [0, 0.05) is 54.9 Å². The maximum absolute atomic E-state index is 12.7. The predicted molar refractivity (Wildman–Crippen MR) is 116 cm³/mol. The van der Waals surface area contributed by atoms with Crippen LogP contribution in [0, 0.1) is 5.92 Å². The predicted octanol–water partition coefficient (Wildman–Crippen LogP) is 3.10. The van der Waals surface area contributed by atoms with E-state index >= 15 is 0 Å². The largest absolute Gasteiger partial charge is 0.439 e. The van der Waals surface area contributed by atoms with Gasteiger partial charge in [0.15, 0.2) is 0 Å². The van der Waals surface area contributed by atoms with E-state index in [0.29, 0.717) is 29.7 Å². The van der Waals surface area contributed by atoms with Crippen molar-refractivity contribution in [2.45, 2.75) is 12.5 Å². The minimum absolute atomic E-state index is 0.131. The van der Waals surface area contributed by atoms with Crippen molar-refractivity contribution in [2.24, 2.45) is 5.92 Å². The van der Waals surface area contributed by atoms with E-state index in [1.165, 1.54) is 0 Å². The van der Waals surface area contributed by atoms with Crippen LogP contribution >= 0.6 is 15.9 Å². The Morgan fingerprint density at radius 1 is 1.23 bits per heavy atom. The van der Waals surface area contributed by atoms with Crippen LogP contribution in [0.3, 0.4) is 0 Å². The van der Waals surface area contributed by atoms with Crippen molar-refractivity contribution in [2.75, 3.05) is 46.1 Å². The number of carbonyl (C=O) groups is 1. The molecule has 8 heteroatoms. The van der Waals surface area contributed by atoms with Crippen LogP contribution in [0.1, 0.15) is 16.8 Å². The number of pyridine rings is 1. The van der Waals surface area contributed by atoms with Gasteiger partial charge in [0.2, 0.25) is 5.88 Å². The number of ether oxygens (including phenoxy) is 3. The van der Waals surface area contributed by atoms with Crippen molar-refractivity contribution in [3.63, 3.8) is 0 Å². The molecule has 3 heterocycles. The molecular weight excluding hydrogens is 450 g/mol. The van der Waals surface area contributed by atoms with Gasteiger partial charge in [-0.3, -0.25) is 9.69 Å². The fraction of sp³-hybridized carbons (Fsp3) is 0.455. The second-order valence-electron chi connectivity index (χ2n) is 7.49. The summed E-state index contributed by atoms with van der Waals surface area (Å²) in [6, 6.07) is 11.2. The molecule has 2 aliphatic rings.